The normalized spacial score (nSPS) is 19.6. The number of carbonyl (C=O) groups excluding carboxylic acids is 1. The minimum atomic E-state index is -3.77. The van der Waals surface area contributed by atoms with Gasteiger partial charge in [-0.3, -0.25) is 9.69 Å². The second-order valence-electron chi connectivity index (χ2n) is 8.79. The van der Waals surface area contributed by atoms with Crippen LogP contribution in [-0.4, -0.2) is 38.9 Å². The first kappa shape index (κ1) is 24.4. The highest BCUT2D eigenvalue weighted by Crippen LogP contribution is 2.23. The molecule has 1 aliphatic rings. The fourth-order valence-electron chi connectivity index (χ4n) is 4.32. The third kappa shape index (κ3) is 7.12. The van der Waals surface area contributed by atoms with Crippen LogP contribution in [0, 0.1) is 17.7 Å². The lowest BCUT2D eigenvalue weighted by atomic mass is 9.91. The zero-order chi connectivity index (χ0) is 23.1. The number of benzene rings is 2. The first-order chi connectivity index (χ1) is 15.2. The molecule has 1 fully saturated rings. The van der Waals surface area contributed by atoms with E-state index in [0.29, 0.717) is 18.4 Å². The number of rotatable bonds is 9. The van der Waals surface area contributed by atoms with E-state index >= 15 is 0 Å². The molecule has 32 heavy (non-hydrogen) atoms. The quantitative estimate of drug-likeness (QED) is 0.601. The van der Waals surface area contributed by atoms with Crippen molar-refractivity contribution in [3.05, 3.63) is 65.5 Å². The lowest BCUT2D eigenvalue weighted by molar-refractivity contribution is -0.121. The second-order valence-corrected chi connectivity index (χ2v) is 10.6. The van der Waals surface area contributed by atoms with Crippen LogP contribution in [0.5, 0.6) is 0 Å². The third-order valence-electron chi connectivity index (χ3n) is 5.70. The molecule has 0 saturated carbocycles. The average Bonchev–Trinajstić information content (AvgIpc) is 2.72. The fourth-order valence-corrected chi connectivity index (χ4v) is 5.36. The highest BCUT2D eigenvalue weighted by atomic mass is 32.2. The van der Waals surface area contributed by atoms with Gasteiger partial charge < -0.3 is 5.32 Å². The third-order valence-corrected chi connectivity index (χ3v) is 7.18. The minimum absolute atomic E-state index is 0.0176. The van der Waals surface area contributed by atoms with Gasteiger partial charge in [0.2, 0.25) is 15.9 Å². The molecule has 1 heterocycles. The zero-order valence-corrected chi connectivity index (χ0v) is 19.5. The fraction of sp³-hybridized carbons (Fsp3) is 0.458. The Hall–Kier alpha value is -2.29. The van der Waals surface area contributed by atoms with Gasteiger partial charge in [0.25, 0.3) is 0 Å². The molecule has 2 unspecified atom stereocenters. The molecule has 2 aromatic rings. The Morgan fingerprint density at radius 3 is 2.31 bits per heavy atom. The molecule has 0 aromatic heterocycles. The lowest BCUT2D eigenvalue weighted by Gasteiger charge is -2.35. The van der Waals surface area contributed by atoms with E-state index in [4.69, 9.17) is 0 Å². The average molecular weight is 462 g/mol. The van der Waals surface area contributed by atoms with Gasteiger partial charge in [-0.2, -0.15) is 0 Å². The van der Waals surface area contributed by atoms with Crippen molar-refractivity contribution in [2.24, 2.45) is 11.8 Å². The van der Waals surface area contributed by atoms with Crippen LogP contribution in [0.4, 0.5) is 4.39 Å². The summed E-state index contributed by atoms with van der Waals surface area (Å²) < 4.78 is 39.8. The van der Waals surface area contributed by atoms with Crippen molar-refractivity contribution in [3.8, 4) is 0 Å². The smallest absolute Gasteiger partial charge is 0.240 e. The molecule has 2 N–H and O–H groups in total. The zero-order valence-electron chi connectivity index (χ0n) is 18.7. The van der Waals surface area contributed by atoms with Crippen molar-refractivity contribution in [1.29, 1.82) is 0 Å². The Morgan fingerprint density at radius 1 is 1.03 bits per heavy atom. The Kier molecular flexibility index (Phi) is 8.39. The number of nitrogens with zero attached hydrogens (tertiary/aromatic N) is 1. The molecule has 1 amide bonds. The van der Waals surface area contributed by atoms with Gasteiger partial charge in [0, 0.05) is 39.1 Å². The molecular weight excluding hydrogens is 429 g/mol. The first-order valence-electron chi connectivity index (χ1n) is 11.0. The topological polar surface area (TPSA) is 78.5 Å². The summed E-state index contributed by atoms with van der Waals surface area (Å²) in [5.41, 5.74) is 2.27. The standard InChI is InChI=1S/C24H32FN3O3S/c1-18-13-19(2)16-28(15-18)17-21-6-4-3-5-20(21)14-26-24(29)11-12-27-32(30,31)23-9-7-22(25)8-10-23/h3-10,18-19,27H,11-17H2,1-2H3,(H,26,29). The number of amides is 1. The molecule has 1 saturated heterocycles. The summed E-state index contributed by atoms with van der Waals surface area (Å²) >= 11 is 0. The van der Waals surface area contributed by atoms with Gasteiger partial charge in [0.05, 0.1) is 4.90 Å². The van der Waals surface area contributed by atoms with Crippen LogP contribution >= 0.6 is 0 Å². The van der Waals surface area contributed by atoms with Gasteiger partial charge in [-0.25, -0.2) is 17.5 Å². The van der Waals surface area contributed by atoms with Crippen molar-refractivity contribution < 1.29 is 17.6 Å². The number of likely N-dealkylation sites (tertiary alicyclic amines) is 1. The number of halogens is 1. The van der Waals surface area contributed by atoms with E-state index in [-0.39, 0.29) is 23.8 Å². The number of hydrogen-bond donors (Lipinski definition) is 2. The molecular formula is C24H32FN3O3S. The molecule has 8 heteroatoms. The monoisotopic (exact) mass is 461 g/mol. The molecule has 174 valence electrons. The van der Waals surface area contributed by atoms with Crippen molar-refractivity contribution >= 4 is 15.9 Å². The molecule has 0 radical (unpaired) electrons. The first-order valence-corrected chi connectivity index (χ1v) is 12.5. The van der Waals surface area contributed by atoms with Crippen LogP contribution in [0.1, 0.15) is 37.8 Å². The van der Waals surface area contributed by atoms with E-state index in [0.717, 1.165) is 37.3 Å². The maximum Gasteiger partial charge on any atom is 0.240 e. The van der Waals surface area contributed by atoms with Crippen LogP contribution in [-0.2, 0) is 27.9 Å². The minimum Gasteiger partial charge on any atom is -0.352 e. The Balaban J connectivity index is 1.48. The number of carbonyl (C=O) groups is 1. The summed E-state index contributed by atoms with van der Waals surface area (Å²) in [5, 5.41) is 2.89. The van der Waals surface area contributed by atoms with E-state index in [1.54, 1.807) is 0 Å². The van der Waals surface area contributed by atoms with E-state index in [1.807, 2.05) is 18.2 Å². The summed E-state index contributed by atoms with van der Waals surface area (Å²) in [6, 6.07) is 12.7. The maximum atomic E-state index is 13.0. The van der Waals surface area contributed by atoms with Gasteiger partial charge in [0.1, 0.15) is 5.82 Å². The Morgan fingerprint density at radius 2 is 1.66 bits per heavy atom. The lowest BCUT2D eigenvalue weighted by Crippen LogP contribution is -2.38. The van der Waals surface area contributed by atoms with Crippen LogP contribution in [0.3, 0.4) is 0 Å². The molecule has 0 spiro atoms. The summed E-state index contributed by atoms with van der Waals surface area (Å²) in [7, 11) is -3.77. The highest BCUT2D eigenvalue weighted by molar-refractivity contribution is 7.89. The SMILES string of the molecule is CC1CC(C)CN(Cc2ccccc2CNC(=O)CCNS(=O)(=O)c2ccc(F)cc2)C1. The highest BCUT2D eigenvalue weighted by Gasteiger charge is 2.22. The van der Waals surface area contributed by atoms with Gasteiger partial charge in [0.15, 0.2) is 0 Å². The molecule has 2 atom stereocenters. The van der Waals surface area contributed by atoms with Crippen LogP contribution in [0.2, 0.25) is 0 Å². The largest absolute Gasteiger partial charge is 0.352 e. The molecule has 6 nitrogen and oxygen atoms in total. The van der Waals surface area contributed by atoms with Gasteiger partial charge >= 0.3 is 0 Å². The maximum absolute atomic E-state index is 13.0. The predicted octanol–water partition coefficient (Wildman–Crippen LogP) is 3.29. The van der Waals surface area contributed by atoms with E-state index in [2.05, 4.69) is 34.9 Å². The Bertz CT molecular complexity index is 1000. The summed E-state index contributed by atoms with van der Waals surface area (Å²) in [5.74, 6) is 0.628. The van der Waals surface area contributed by atoms with Crippen molar-refractivity contribution in [2.75, 3.05) is 19.6 Å². The number of sulfonamides is 1. The Labute approximate surface area is 190 Å². The van der Waals surface area contributed by atoms with E-state index in [9.17, 15) is 17.6 Å². The summed E-state index contributed by atoms with van der Waals surface area (Å²) in [6.07, 6.45) is 1.28. The van der Waals surface area contributed by atoms with Crippen molar-refractivity contribution in [2.45, 2.75) is 44.7 Å². The van der Waals surface area contributed by atoms with Gasteiger partial charge in [-0.05, 0) is 53.6 Å². The van der Waals surface area contributed by atoms with Crippen LogP contribution < -0.4 is 10.0 Å². The molecule has 3 rings (SSSR count). The summed E-state index contributed by atoms with van der Waals surface area (Å²) in [4.78, 5) is 14.7. The van der Waals surface area contributed by atoms with E-state index in [1.165, 1.54) is 24.1 Å². The number of piperidine rings is 1. The second kappa shape index (κ2) is 11.0. The molecule has 0 aliphatic carbocycles. The molecule has 2 aromatic carbocycles. The predicted molar refractivity (Wildman–Crippen MR) is 123 cm³/mol. The van der Waals surface area contributed by atoms with Gasteiger partial charge in [-0.1, -0.05) is 38.1 Å². The van der Waals surface area contributed by atoms with Crippen molar-refractivity contribution in [1.82, 2.24) is 14.9 Å². The number of nitrogens with one attached hydrogen (secondary N) is 2. The van der Waals surface area contributed by atoms with Gasteiger partial charge in [-0.15, -0.1) is 0 Å². The van der Waals surface area contributed by atoms with Crippen LogP contribution in [0.15, 0.2) is 53.4 Å². The van der Waals surface area contributed by atoms with Crippen molar-refractivity contribution in [3.63, 3.8) is 0 Å². The molecule has 1 aliphatic heterocycles. The molecule has 0 bridgehead atoms. The van der Waals surface area contributed by atoms with E-state index < -0.39 is 15.8 Å². The van der Waals surface area contributed by atoms with Crippen LogP contribution in [0.25, 0.3) is 0 Å². The number of hydrogen-bond acceptors (Lipinski definition) is 4. The summed E-state index contributed by atoms with van der Waals surface area (Å²) in [6.45, 7) is 7.98.